The second-order valence-electron chi connectivity index (χ2n) is 4.21. The van der Waals surface area contributed by atoms with Crippen LogP contribution in [0.4, 0.5) is 0 Å². The van der Waals surface area contributed by atoms with E-state index >= 15 is 0 Å². The van der Waals surface area contributed by atoms with Crippen LogP contribution in [0.3, 0.4) is 0 Å². The third-order valence-corrected chi connectivity index (χ3v) is 5.18. The highest BCUT2D eigenvalue weighted by Crippen LogP contribution is 2.28. The van der Waals surface area contributed by atoms with Gasteiger partial charge in [-0.05, 0) is 49.2 Å². The Kier molecular flexibility index (Phi) is 4.20. The molecule has 1 nitrogen and oxygen atoms in total. The molecule has 2 aromatic rings. The van der Waals surface area contributed by atoms with Crippen molar-refractivity contribution >= 4 is 36.1 Å². The first-order valence-corrected chi connectivity index (χ1v) is 7.54. The van der Waals surface area contributed by atoms with Gasteiger partial charge in [-0.1, -0.05) is 12.1 Å². The van der Waals surface area contributed by atoms with Gasteiger partial charge in [-0.3, -0.25) is 0 Å². The van der Waals surface area contributed by atoms with Crippen molar-refractivity contribution in [2.75, 3.05) is 0 Å². The molecule has 0 aliphatic rings. The molecule has 0 aliphatic carbocycles. The fraction of sp³-hybridized carbons (Fsp3) is 0.143. The van der Waals surface area contributed by atoms with Crippen LogP contribution in [0, 0.1) is 13.8 Å². The monoisotopic (exact) mass is 294 g/mol. The summed E-state index contributed by atoms with van der Waals surface area (Å²) in [5.41, 5.74) is 2.21. The highest BCUT2D eigenvalue weighted by molar-refractivity contribution is 7.87. The van der Waals surface area contributed by atoms with Crippen molar-refractivity contribution in [3.63, 3.8) is 0 Å². The van der Waals surface area contributed by atoms with Crippen molar-refractivity contribution in [3.05, 3.63) is 47.5 Å². The van der Waals surface area contributed by atoms with Crippen LogP contribution in [0.15, 0.2) is 56.0 Å². The van der Waals surface area contributed by atoms with Crippen molar-refractivity contribution in [1.82, 2.24) is 0 Å². The van der Waals surface area contributed by atoms with Gasteiger partial charge in [0, 0.05) is 9.79 Å². The van der Waals surface area contributed by atoms with E-state index in [9.17, 15) is 4.21 Å². The minimum Gasteiger partial charge on any atom is -0.249 e. The Morgan fingerprint density at radius 1 is 0.833 bits per heavy atom. The number of rotatable bonds is 2. The van der Waals surface area contributed by atoms with E-state index in [4.69, 9.17) is 0 Å². The zero-order valence-electron chi connectivity index (χ0n) is 10.2. The Bertz CT molecular complexity index is 567. The van der Waals surface area contributed by atoms with Crippen LogP contribution >= 0.6 is 25.3 Å². The molecule has 0 saturated carbocycles. The first kappa shape index (κ1) is 13.7. The number of benzene rings is 2. The molecular formula is C14H14OS3. The van der Waals surface area contributed by atoms with Gasteiger partial charge in [-0.15, -0.1) is 25.3 Å². The van der Waals surface area contributed by atoms with E-state index in [0.29, 0.717) is 0 Å². The van der Waals surface area contributed by atoms with Crippen LogP contribution < -0.4 is 0 Å². The zero-order valence-corrected chi connectivity index (χ0v) is 12.8. The Morgan fingerprint density at radius 3 is 1.56 bits per heavy atom. The van der Waals surface area contributed by atoms with Gasteiger partial charge in [0.2, 0.25) is 0 Å². The van der Waals surface area contributed by atoms with E-state index in [1.807, 2.05) is 50.2 Å². The minimum absolute atomic E-state index is 0.725. The van der Waals surface area contributed by atoms with Gasteiger partial charge in [0.05, 0.1) is 20.6 Å². The van der Waals surface area contributed by atoms with Crippen LogP contribution in [0.25, 0.3) is 0 Å². The maximum Gasteiger partial charge on any atom is 0.0872 e. The van der Waals surface area contributed by atoms with Crippen molar-refractivity contribution in [3.8, 4) is 0 Å². The topological polar surface area (TPSA) is 17.1 Å². The molecule has 2 aromatic carbocycles. The van der Waals surface area contributed by atoms with Gasteiger partial charge in [0.15, 0.2) is 0 Å². The second-order valence-corrected chi connectivity index (χ2v) is 6.59. The summed E-state index contributed by atoms with van der Waals surface area (Å²) in [4.78, 5) is 2.95. The average Bonchev–Trinajstić information content (AvgIpc) is 2.28. The molecule has 0 aromatic heterocycles. The molecule has 0 amide bonds. The standard InChI is InChI=1S/C14H14OS3/c1-9-3-5-13(11(16)7-9)18(15)14-6-4-10(2)8-12(14)17/h3-8,16-17H,1-2H3. The maximum atomic E-state index is 12.5. The lowest BCUT2D eigenvalue weighted by atomic mass is 10.2. The van der Waals surface area contributed by atoms with E-state index in [1.165, 1.54) is 0 Å². The predicted molar refractivity (Wildman–Crippen MR) is 81.5 cm³/mol. The van der Waals surface area contributed by atoms with Gasteiger partial charge in [-0.25, -0.2) is 4.21 Å². The molecule has 0 fully saturated rings. The lowest BCUT2D eigenvalue weighted by Gasteiger charge is -2.09. The number of hydrogen-bond donors (Lipinski definition) is 2. The lowest BCUT2D eigenvalue weighted by molar-refractivity contribution is 0.680. The third kappa shape index (κ3) is 2.82. The van der Waals surface area contributed by atoms with Gasteiger partial charge < -0.3 is 0 Å². The quantitative estimate of drug-likeness (QED) is 0.799. The normalized spacial score (nSPS) is 10.9. The van der Waals surface area contributed by atoms with E-state index < -0.39 is 10.8 Å². The summed E-state index contributed by atoms with van der Waals surface area (Å²) >= 11 is 8.79. The van der Waals surface area contributed by atoms with Crippen LogP contribution in [0.2, 0.25) is 0 Å². The fourth-order valence-corrected chi connectivity index (χ4v) is 3.86. The summed E-state index contributed by atoms with van der Waals surface area (Å²) in [6, 6.07) is 11.5. The van der Waals surface area contributed by atoms with Gasteiger partial charge in [0.1, 0.15) is 0 Å². The lowest BCUT2D eigenvalue weighted by Crippen LogP contribution is -1.96. The van der Waals surface area contributed by atoms with E-state index in [1.54, 1.807) is 0 Å². The van der Waals surface area contributed by atoms with Crippen molar-refractivity contribution in [2.45, 2.75) is 33.4 Å². The predicted octanol–water partition coefficient (Wildman–Crippen LogP) is 4.05. The first-order valence-electron chi connectivity index (χ1n) is 5.50. The summed E-state index contributed by atoms with van der Waals surface area (Å²) in [6.07, 6.45) is 0. The largest absolute Gasteiger partial charge is 0.249 e. The van der Waals surface area contributed by atoms with E-state index in [-0.39, 0.29) is 0 Å². The highest BCUT2D eigenvalue weighted by Gasteiger charge is 2.13. The molecule has 0 spiro atoms. The number of hydrogen-bond acceptors (Lipinski definition) is 3. The molecule has 0 saturated heterocycles. The van der Waals surface area contributed by atoms with Crippen LogP contribution in [-0.4, -0.2) is 4.21 Å². The summed E-state index contributed by atoms with van der Waals surface area (Å²) in [5, 5.41) is 0. The van der Waals surface area contributed by atoms with Crippen molar-refractivity contribution in [1.29, 1.82) is 0 Å². The smallest absolute Gasteiger partial charge is 0.0872 e. The molecular weight excluding hydrogens is 280 g/mol. The molecule has 0 aliphatic heterocycles. The molecule has 0 N–H and O–H groups in total. The molecule has 0 unspecified atom stereocenters. The van der Waals surface area contributed by atoms with Gasteiger partial charge in [-0.2, -0.15) is 0 Å². The van der Waals surface area contributed by atoms with Gasteiger partial charge in [0.25, 0.3) is 0 Å². The molecule has 94 valence electrons. The number of aryl methyl sites for hydroxylation is 2. The molecule has 4 heteroatoms. The number of thiol groups is 2. The van der Waals surface area contributed by atoms with Crippen LogP contribution in [-0.2, 0) is 10.8 Å². The second kappa shape index (κ2) is 5.51. The molecule has 0 radical (unpaired) electrons. The van der Waals surface area contributed by atoms with Crippen LogP contribution in [0.5, 0.6) is 0 Å². The third-order valence-electron chi connectivity index (χ3n) is 2.63. The molecule has 0 bridgehead atoms. The summed E-state index contributed by atoms with van der Waals surface area (Å²) in [5.74, 6) is 0. The molecule has 2 rings (SSSR count). The Labute approximate surface area is 121 Å². The highest BCUT2D eigenvalue weighted by atomic mass is 32.2. The van der Waals surface area contributed by atoms with Crippen molar-refractivity contribution < 1.29 is 4.21 Å². The average molecular weight is 294 g/mol. The van der Waals surface area contributed by atoms with Gasteiger partial charge >= 0.3 is 0 Å². The van der Waals surface area contributed by atoms with E-state index in [0.717, 1.165) is 30.7 Å². The fourth-order valence-electron chi connectivity index (χ4n) is 1.69. The molecule has 0 atom stereocenters. The Hall–Kier alpha value is -0.710. The Balaban J connectivity index is 2.48. The minimum atomic E-state index is -1.24. The summed E-state index contributed by atoms with van der Waals surface area (Å²) in [7, 11) is -1.24. The maximum absolute atomic E-state index is 12.5. The molecule has 18 heavy (non-hydrogen) atoms. The summed E-state index contributed by atoms with van der Waals surface area (Å²) < 4.78 is 12.5. The SMILES string of the molecule is Cc1ccc(S(=O)c2ccc(C)cc2S)c(S)c1. The molecule has 0 heterocycles. The zero-order chi connectivity index (χ0) is 13.3. The van der Waals surface area contributed by atoms with E-state index in [2.05, 4.69) is 25.3 Å². The summed E-state index contributed by atoms with van der Waals surface area (Å²) in [6.45, 7) is 3.98. The van der Waals surface area contributed by atoms with Crippen molar-refractivity contribution in [2.24, 2.45) is 0 Å². The van der Waals surface area contributed by atoms with Crippen LogP contribution in [0.1, 0.15) is 11.1 Å². The first-order chi connectivity index (χ1) is 8.49. The Morgan fingerprint density at radius 2 is 1.22 bits per heavy atom.